The zero-order valence-corrected chi connectivity index (χ0v) is 9.38. The van der Waals surface area contributed by atoms with Gasteiger partial charge in [-0.15, -0.1) is 22.9 Å². The van der Waals surface area contributed by atoms with Crippen LogP contribution in [0.25, 0.3) is 0 Å². The van der Waals surface area contributed by atoms with Crippen molar-refractivity contribution in [3.05, 3.63) is 16.6 Å². The van der Waals surface area contributed by atoms with Crippen molar-refractivity contribution in [2.45, 2.75) is 24.3 Å². The zero-order chi connectivity index (χ0) is 8.81. The molecule has 0 fully saturated rings. The monoisotopic (exact) mass is 221 g/mol. The van der Waals surface area contributed by atoms with Gasteiger partial charge in [-0.2, -0.15) is 11.8 Å². The highest BCUT2D eigenvalue weighted by Gasteiger charge is 2.02. The van der Waals surface area contributed by atoms with E-state index in [9.17, 15) is 0 Å². The summed E-state index contributed by atoms with van der Waals surface area (Å²) in [6.07, 6.45) is 3.02. The summed E-state index contributed by atoms with van der Waals surface area (Å²) in [5.74, 6) is 1.83. The van der Waals surface area contributed by atoms with Crippen molar-refractivity contribution in [1.82, 2.24) is 4.98 Å². The molecule has 0 saturated heterocycles. The minimum atomic E-state index is 0.657. The molecule has 68 valence electrons. The average Bonchev–Trinajstić information content (AvgIpc) is 2.53. The van der Waals surface area contributed by atoms with Gasteiger partial charge in [-0.3, -0.25) is 4.98 Å². The Balaban J connectivity index is 2.17. The van der Waals surface area contributed by atoms with Crippen LogP contribution in [0.4, 0.5) is 0 Å². The molecule has 0 radical (unpaired) electrons. The Hall–Kier alpha value is 0.270. The fourth-order valence-corrected chi connectivity index (χ4v) is 2.89. The molecule has 1 rings (SSSR count). The van der Waals surface area contributed by atoms with Gasteiger partial charge in [0.05, 0.1) is 5.51 Å². The molecule has 1 atom stereocenters. The second kappa shape index (κ2) is 5.84. The number of aromatic nitrogens is 1. The molecule has 0 amide bonds. The molecular formula is C8H12ClNS2. The number of hydrogen-bond acceptors (Lipinski definition) is 3. The Bertz CT molecular complexity index is 201. The Kier molecular flexibility index (Phi) is 5.04. The highest BCUT2D eigenvalue weighted by atomic mass is 35.5. The van der Waals surface area contributed by atoms with E-state index in [0.29, 0.717) is 5.25 Å². The van der Waals surface area contributed by atoms with Crippen LogP contribution >= 0.6 is 34.7 Å². The first-order valence-electron chi connectivity index (χ1n) is 3.88. The van der Waals surface area contributed by atoms with Crippen LogP contribution in [0.15, 0.2) is 11.7 Å². The van der Waals surface area contributed by atoms with Crippen molar-refractivity contribution in [3.8, 4) is 0 Å². The SMILES string of the molecule is CC(CCCl)SCc1cncs1. The number of hydrogen-bond donors (Lipinski definition) is 0. The van der Waals surface area contributed by atoms with Gasteiger partial charge >= 0.3 is 0 Å². The van der Waals surface area contributed by atoms with Crippen LogP contribution in [0.3, 0.4) is 0 Å². The van der Waals surface area contributed by atoms with Crippen LogP contribution in [-0.4, -0.2) is 16.1 Å². The molecule has 0 N–H and O–H groups in total. The van der Waals surface area contributed by atoms with Gasteiger partial charge in [0.15, 0.2) is 0 Å². The second-order valence-corrected chi connectivity index (χ2v) is 5.34. The number of thiazole rings is 1. The summed E-state index contributed by atoms with van der Waals surface area (Å²) in [4.78, 5) is 5.37. The lowest BCUT2D eigenvalue weighted by atomic mass is 10.4. The van der Waals surface area contributed by atoms with Crippen molar-refractivity contribution in [3.63, 3.8) is 0 Å². The quantitative estimate of drug-likeness (QED) is 0.707. The van der Waals surface area contributed by atoms with Crippen molar-refractivity contribution in [2.75, 3.05) is 5.88 Å². The smallest absolute Gasteiger partial charge is 0.0794 e. The van der Waals surface area contributed by atoms with Crippen LogP contribution in [0.1, 0.15) is 18.2 Å². The van der Waals surface area contributed by atoms with E-state index in [0.717, 1.165) is 18.1 Å². The number of rotatable bonds is 5. The molecule has 4 heteroatoms. The summed E-state index contributed by atoms with van der Waals surface area (Å²) < 4.78 is 0. The van der Waals surface area contributed by atoms with Gasteiger partial charge in [0, 0.05) is 28.0 Å². The fourth-order valence-electron chi connectivity index (χ4n) is 0.775. The fraction of sp³-hybridized carbons (Fsp3) is 0.625. The zero-order valence-electron chi connectivity index (χ0n) is 7.00. The largest absolute Gasteiger partial charge is 0.253 e. The number of alkyl halides is 1. The predicted molar refractivity (Wildman–Crippen MR) is 58.2 cm³/mol. The van der Waals surface area contributed by atoms with Crippen LogP contribution < -0.4 is 0 Å². The van der Waals surface area contributed by atoms with E-state index < -0.39 is 0 Å². The Labute approximate surface area is 86.5 Å². The van der Waals surface area contributed by atoms with Crippen LogP contribution in [0, 0.1) is 0 Å². The van der Waals surface area contributed by atoms with E-state index in [-0.39, 0.29) is 0 Å². The first-order valence-corrected chi connectivity index (χ1v) is 6.34. The van der Waals surface area contributed by atoms with Gasteiger partial charge in [0.25, 0.3) is 0 Å². The lowest BCUT2D eigenvalue weighted by Crippen LogP contribution is -1.96. The minimum Gasteiger partial charge on any atom is -0.253 e. The molecule has 1 nitrogen and oxygen atoms in total. The summed E-state index contributed by atoms with van der Waals surface area (Å²) in [7, 11) is 0. The first-order chi connectivity index (χ1) is 5.83. The lowest BCUT2D eigenvalue weighted by Gasteiger charge is -2.06. The predicted octanol–water partition coefficient (Wildman–Crippen LogP) is 3.39. The van der Waals surface area contributed by atoms with Gasteiger partial charge in [0.2, 0.25) is 0 Å². The molecule has 1 aromatic rings. The van der Waals surface area contributed by atoms with E-state index in [4.69, 9.17) is 11.6 Å². The summed E-state index contributed by atoms with van der Waals surface area (Å²) in [5, 5.41) is 0.657. The second-order valence-electron chi connectivity index (χ2n) is 2.57. The van der Waals surface area contributed by atoms with Gasteiger partial charge in [-0.05, 0) is 6.42 Å². The van der Waals surface area contributed by atoms with E-state index in [2.05, 4.69) is 11.9 Å². The van der Waals surface area contributed by atoms with Crippen LogP contribution in [0.5, 0.6) is 0 Å². The number of nitrogens with zero attached hydrogens (tertiary/aromatic N) is 1. The molecule has 0 aromatic carbocycles. The van der Waals surface area contributed by atoms with Gasteiger partial charge in [0.1, 0.15) is 0 Å². The molecule has 1 heterocycles. The molecule has 12 heavy (non-hydrogen) atoms. The lowest BCUT2D eigenvalue weighted by molar-refractivity contribution is 0.912. The van der Waals surface area contributed by atoms with E-state index in [1.165, 1.54) is 4.88 Å². The maximum absolute atomic E-state index is 5.63. The van der Waals surface area contributed by atoms with E-state index >= 15 is 0 Å². The number of halogens is 1. The van der Waals surface area contributed by atoms with Crippen LogP contribution in [0.2, 0.25) is 0 Å². The highest BCUT2D eigenvalue weighted by Crippen LogP contribution is 2.21. The average molecular weight is 222 g/mol. The molecule has 0 bridgehead atoms. The van der Waals surface area contributed by atoms with Crippen LogP contribution in [-0.2, 0) is 5.75 Å². The topological polar surface area (TPSA) is 12.9 Å². The first kappa shape index (κ1) is 10.4. The standard InChI is InChI=1S/C8H12ClNS2/c1-7(2-3-9)11-5-8-4-10-6-12-8/h4,6-7H,2-3,5H2,1H3. The third kappa shape index (κ3) is 3.78. The molecule has 0 aliphatic heterocycles. The normalized spacial score (nSPS) is 13.2. The van der Waals surface area contributed by atoms with Crippen molar-refractivity contribution in [1.29, 1.82) is 0 Å². The highest BCUT2D eigenvalue weighted by molar-refractivity contribution is 7.99. The van der Waals surface area contributed by atoms with Crippen molar-refractivity contribution < 1.29 is 0 Å². The maximum Gasteiger partial charge on any atom is 0.0794 e. The Morgan fingerprint density at radius 2 is 2.58 bits per heavy atom. The molecule has 0 aliphatic carbocycles. The van der Waals surface area contributed by atoms with Crippen molar-refractivity contribution >= 4 is 34.7 Å². The molecule has 0 spiro atoms. The third-order valence-corrected chi connectivity index (χ3v) is 3.97. The Morgan fingerprint density at radius 3 is 3.17 bits per heavy atom. The molecule has 0 aliphatic rings. The maximum atomic E-state index is 5.63. The molecule has 1 unspecified atom stereocenters. The van der Waals surface area contributed by atoms with Crippen molar-refractivity contribution in [2.24, 2.45) is 0 Å². The summed E-state index contributed by atoms with van der Waals surface area (Å²) in [5.41, 5.74) is 1.88. The van der Waals surface area contributed by atoms with Gasteiger partial charge < -0.3 is 0 Å². The third-order valence-electron chi connectivity index (χ3n) is 1.51. The summed E-state index contributed by atoms with van der Waals surface area (Å²) >= 11 is 9.30. The van der Waals surface area contributed by atoms with E-state index in [1.54, 1.807) is 11.3 Å². The summed E-state index contributed by atoms with van der Waals surface area (Å²) in [6, 6.07) is 0. The van der Waals surface area contributed by atoms with Gasteiger partial charge in [-0.1, -0.05) is 6.92 Å². The molecule has 1 aromatic heterocycles. The Morgan fingerprint density at radius 1 is 1.75 bits per heavy atom. The minimum absolute atomic E-state index is 0.657. The van der Waals surface area contributed by atoms with Gasteiger partial charge in [-0.25, -0.2) is 0 Å². The molecular weight excluding hydrogens is 210 g/mol. The summed E-state index contributed by atoms with van der Waals surface area (Å²) in [6.45, 7) is 2.22. The molecule has 0 saturated carbocycles. The van der Waals surface area contributed by atoms with E-state index in [1.807, 2.05) is 23.5 Å². The number of thioether (sulfide) groups is 1.